The molecule has 132 valence electrons. The Kier molecular flexibility index (Phi) is 6.01. The van der Waals surface area contributed by atoms with E-state index in [1.807, 2.05) is 4.90 Å². The van der Waals surface area contributed by atoms with Gasteiger partial charge >= 0.3 is 13.2 Å². The van der Waals surface area contributed by atoms with E-state index in [-0.39, 0.29) is 24.4 Å². The van der Waals surface area contributed by atoms with Crippen LogP contribution in [-0.2, 0) is 14.0 Å². The second kappa shape index (κ2) is 7.43. The molecular formula is C17H32BNO4. The number of hydrogen-bond donors (Lipinski definition) is 0. The molecule has 1 amide bonds. The lowest BCUT2D eigenvalue weighted by Gasteiger charge is -2.32. The van der Waals surface area contributed by atoms with Crippen molar-refractivity contribution in [3.63, 3.8) is 0 Å². The maximum atomic E-state index is 12.1. The molecule has 0 saturated carbocycles. The van der Waals surface area contributed by atoms with Crippen molar-refractivity contribution in [3.8, 4) is 0 Å². The first kappa shape index (κ1) is 18.6. The normalized spacial score (nSPS) is 26.4. The molecule has 0 N–H and O–H groups in total. The lowest BCUT2D eigenvalue weighted by atomic mass is 9.74. The van der Waals surface area contributed by atoms with Crippen LogP contribution < -0.4 is 0 Å². The minimum atomic E-state index is -0.287. The molecule has 2 fully saturated rings. The van der Waals surface area contributed by atoms with Gasteiger partial charge in [-0.3, -0.25) is 0 Å². The van der Waals surface area contributed by atoms with Gasteiger partial charge in [-0.25, -0.2) is 4.79 Å². The highest BCUT2D eigenvalue weighted by molar-refractivity contribution is 6.45. The Morgan fingerprint density at radius 1 is 1.26 bits per heavy atom. The van der Waals surface area contributed by atoms with Crippen LogP contribution in [0.15, 0.2) is 0 Å². The van der Waals surface area contributed by atoms with E-state index in [0.717, 1.165) is 45.1 Å². The Balaban J connectivity index is 1.82. The summed E-state index contributed by atoms with van der Waals surface area (Å²) < 4.78 is 17.5. The summed E-state index contributed by atoms with van der Waals surface area (Å²) in [4.78, 5) is 13.9. The number of carbonyl (C=O) groups excluding carboxylic acids is 1. The first-order valence-electron chi connectivity index (χ1n) is 9.02. The second-order valence-electron chi connectivity index (χ2n) is 7.84. The molecule has 23 heavy (non-hydrogen) atoms. The van der Waals surface area contributed by atoms with Gasteiger partial charge in [0.25, 0.3) is 0 Å². The molecule has 2 aliphatic heterocycles. The quantitative estimate of drug-likeness (QED) is 0.571. The van der Waals surface area contributed by atoms with Gasteiger partial charge in [-0.05, 0) is 59.2 Å². The zero-order valence-corrected chi connectivity index (χ0v) is 15.4. The summed E-state index contributed by atoms with van der Waals surface area (Å²) >= 11 is 0. The van der Waals surface area contributed by atoms with E-state index < -0.39 is 0 Å². The molecule has 0 radical (unpaired) electrons. The summed E-state index contributed by atoms with van der Waals surface area (Å²) in [5, 5.41) is 0. The number of nitrogens with zero attached hydrogens (tertiary/aromatic N) is 1. The SMILES string of the molecule is CCCCOC(=O)N1CCC[C@@H](CB2OC(C)(C)C(C)(C)O2)C1. The van der Waals surface area contributed by atoms with Crippen LogP contribution in [0.2, 0.25) is 6.32 Å². The summed E-state index contributed by atoms with van der Waals surface area (Å²) in [6, 6.07) is 0. The Labute approximate surface area is 141 Å². The van der Waals surface area contributed by atoms with Crippen molar-refractivity contribution in [3.05, 3.63) is 0 Å². The van der Waals surface area contributed by atoms with Crippen LogP contribution >= 0.6 is 0 Å². The van der Waals surface area contributed by atoms with E-state index >= 15 is 0 Å². The fraction of sp³-hybridized carbons (Fsp3) is 0.941. The van der Waals surface area contributed by atoms with Gasteiger partial charge in [0.1, 0.15) is 0 Å². The number of rotatable bonds is 5. The highest BCUT2D eigenvalue weighted by atomic mass is 16.7. The number of ether oxygens (including phenoxy) is 1. The standard InChI is InChI=1S/C17H32BNO4/c1-6-7-11-21-15(20)19-10-8-9-14(13-19)12-18-22-16(2,3)17(4,5)23-18/h14H,6-13H2,1-5H3/t14-/m0/s1. The van der Waals surface area contributed by atoms with Crippen LogP contribution in [0.3, 0.4) is 0 Å². The second-order valence-corrected chi connectivity index (χ2v) is 7.84. The maximum absolute atomic E-state index is 12.1. The monoisotopic (exact) mass is 325 g/mol. The lowest BCUT2D eigenvalue weighted by Crippen LogP contribution is -2.41. The van der Waals surface area contributed by atoms with Crippen LogP contribution in [0, 0.1) is 5.92 Å². The van der Waals surface area contributed by atoms with Crippen LogP contribution in [0.4, 0.5) is 4.79 Å². The Hall–Kier alpha value is -0.745. The predicted octanol–water partition coefficient (Wildman–Crippen LogP) is 3.73. The minimum absolute atomic E-state index is 0.169. The zero-order valence-electron chi connectivity index (χ0n) is 15.4. The van der Waals surface area contributed by atoms with E-state index in [1.165, 1.54) is 0 Å². The molecule has 0 aliphatic carbocycles. The van der Waals surface area contributed by atoms with E-state index in [1.54, 1.807) is 0 Å². The van der Waals surface area contributed by atoms with Gasteiger partial charge in [-0.1, -0.05) is 13.3 Å². The van der Waals surface area contributed by atoms with Crippen LogP contribution in [0.1, 0.15) is 60.3 Å². The average Bonchev–Trinajstić information content (AvgIpc) is 2.66. The van der Waals surface area contributed by atoms with Crippen LogP contribution in [0.5, 0.6) is 0 Å². The number of carbonyl (C=O) groups is 1. The largest absolute Gasteiger partial charge is 0.458 e. The number of likely N-dealkylation sites (tertiary alicyclic amines) is 1. The fourth-order valence-electron chi connectivity index (χ4n) is 3.15. The third-order valence-corrected chi connectivity index (χ3v) is 5.33. The van der Waals surface area contributed by atoms with Crippen molar-refractivity contribution in [1.29, 1.82) is 0 Å². The summed E-state index contributed by atoms with van der Waals surface area (Å²) in [6.07, 6.45) is 4.77. The van der Waals surface area contributed by atoms with E-state index in [9.17, 15) is 4.79 Å². The molecule has 0 aromatic rings. The van der Waals surface area contributed by atoms with Gasteiger partial charge in [0.15, 0.2) is 0 Å². The van der Waals surface area contributed by atoms with Gasteiger partial charge < -0.3 is 18.9 Å². The molecule has 0 aromatic carbocycles. The molecule has 2 aliphatic rings. The Morgan fingerprint density at radius 3 is 2.52 bits per heavy atom. The molecule has 1 atom stereocenters. The van der Waals surface area contributed by atoms with E-state index in [2.05, 4.69) is 34.6 Å². The maximum Gasteiger partial charge on any atom is 0.458 e. The highest BCUT2D eigenvalue weighted by Crippen LogP contribution is 2.39. The number of unbranched alkanes of at least 4 members (excludes halogenated alkanes) is 1. The number of hydrogen-bond acceptors (Lipinski definition) is 4. The summed E-state index contributed by atoms with van der Waals surface area (Å²) in [6.45, 7) is 12.5. The van der Waals surface area contributed by atoms with Crippen molar-refractivity contribution in [2.24, 2.45) is 5.92 Å². The van der Waals surface area contributed by atoms with Crippen LogP contribution in [0.25, 0.3) is 0 Å². The predicted molar refractivity (Wildman–Crippen MR) is 91.4 cm³/mol. The van der Waals surface area contributed by atoms with Crippen molar-refractivity contribution in [2.75, 3.05) is 19.7 Å². The zero-order chi connectivity index (χ0) is 17.1. The molecule has 0 spiro atoms. The van der Waals surface area contributed by atoms with Gasteiger partial charge in [-0.15, -0.1) is 0 Å². The molecule has 0 bridgehead atoms. The molecule has 0 aromatic heterocycles. The van der Waals surface area contributed by atoms with Gasteiger partial charge in [0.05, 0.1) is 17.8 Å². The molecular weight excluding hydrogens is 293 g/mol. The van der Waals surface area contributed by atoms with Crippen molar-refractivity contribution in [1.82, 2.24) is 4.90 Å². The molecule has 2 saturated heterocycles. The summed E-state index contributed by atoms with van der Waals surface area (Å²) in [5.74, 6) is 0.414. The van der Waals surface area contributed by atoms with Gasteiger partial charge in [-0.2, -0.15) is 0 Å². The third-order valence-electron chi connectivity index (χ3n) is 5.33. The number of piperidine rings is 1. The Bertz CT molecular complexity index is 397. The van der Waals surface area contributed by atoms with Crippen LogP contribution in [-0.4, -0.2) is 49.0 Å². The smallest absolute Gasteiger partial charge is 0.449 e. The topological polar surface area (TPSA) is 48.0 Å². The molecule has 0 unspecified atom stereocenters. The van der Waals surface area contributed by atoms with E-state index in [4.69, 9.17) is 14.0 Å². The van der Waals surface area contributed by atoms with Crippen molar-refractivity contribution < 1.29 is 18.8 Å². The first-order chi connectivity index (χ1) is 10.7. The molecule has 6 heteroatoms. The number of amides is 1. The fourth-order valence-corrected chi connectivity index (χ4v) is 3.15. The third kappa shape index (κ3) is 4.63. The van der Waals surface area contributed by atoms with Crippen molar-refractivity contribution in [2.45, 2.75) is 77.8 Å². The Morgan fingerprint density at radius 2 is 1.91 bits per heavy atom. The average molecular weight is 325 g/mol. The lowest BCUT2D eigenvalue weighted by molar-refractivity contribution is 0.00578. The first-order valence-corrected chi connectivity index (χ1v) is 9.02. The van der Waals surface area contributed by atoms with Gasteiger partial charge in [0.2, 0.25) is 0 Å². The summed E-state index contributed by atoms with van der Waals surface area (Å²) in [5.41, 5.74) is -0.573. The highest BCUT2D eigenvalue weighted by Gasteiger charge is 2.51. The molecule has 5 nitrogen and oxygen atoms in total. The minimum Gasteiger partial charge on any atom is -0.449 e. The molecule has 2 heterocycles. The van der Waals surface area contributed by atoms with Crippen molar-refractivity contribution >= 4 is 13.2 Å². The summed E-state index contributed by atoms with van der Waals surface area (Å²) in [7, 11) is -0.180. The van der Waals surface area contributed by atoms with E-state index in [0.29, 0.717) is 12.5 Å². The molecule has 2 rings (SSSR count). The van der Waals surface area contributed by atoms with Gasteiger partial charge in [0, 0.05) is 13.1 Å².